The highest BCUT2D eigenvalue weighted by molar-refractivity contribution is 5.41. The Morgan fingerprint density at radius 3 is 2.50 bits per heavy atom. The summed E-state index contributed by atoms with van der Waals surface area (Å²) in [5.74, 6) is 0.885. The zero-order valence-electron chi connectivity index (χ0n) is 14.5. The third kappa shape index (κ3) is 4.70. The van der Waals surface area contributed by atoms with Crippen molar-refractivity contribution in [1.29, 1.82) is 0 Å². The van der Waals surface area contributed by atoms with Crippen LogP contribution >= 0.6 is 0 Å². The number of benzene rings is 1. The van der Waals surface area contributed by atoms with Crippen LogP contribution in [0.25, 0.3) is 0 Å². The van der Waals surface area contributed by atoms with Crippen LogP contribution in [0.3, 0.4) is 0 Å². The molecule has 0 aromatic heterocycles. The Kier molecular flexibility index (Phi) is 5.84. The molecule has 0 radical (unpaired) electrons. The third-order valence-corrected chi connectivity index (χ3v) is 4.34. The smallest absolute Gasteiger partial charge is 0.137 e. The number of aliphatic hydroxyl groups is 1. The molecule has 124 valence electrons. The molecule has 0 amide bonds. The second-order valence-electron chi connectivity index (χ2n) is 6.79. The third-order valence-electron chi connectivity index (χ3n) is 4.34. The number of ether oxygens (including phenoxy) is 2. The first-order chi connectivity index (χ1) is 10.3. The topological polar surface area (TPSA) is 43.1 Å². The molecular weight excluding hydrogens is 278 g/mol. The summed E-state index contributed by atoms with van der Waals surface area (Å²) in [5.41, 5.74) is 3.57. The summed E-state index contributed by atoms with van der Waals surface area (Å²) >= 11 is 0. The molecule has 0 spiro atoms. The maximum atomic E-state index is 10.3. The van der Waals surface area contributed by atoms with Gasteiger partial charge in [0.05, 0.1) is 0 Å². The Morgan fingerprint density at radius 1 is 1.23 bits per heavy atom. The number of aliphatic hydroxyl groups excluding tert-OH is 1. The molecule has 22 heavy (non-hydrogen) atoms. The summed E-state index contributed by atoms with van der Waals surface area (Å²) in [6.07, 6.45) is 0.0646. The van der Waals surface area contributed by atoms with Crippen molar-refractivity contribution in [2.75, 3.05) is 26.2 Å². The molecule has 2 N–H and O–H groups in total. The van der Waals surface area contributed by atoms with Gasteiger partial charge in [0.2, 0.25) is 0 Å². The molecule has 0 bridgehead atoms. The summed E-state index contributed by atoms with van der Waals surface area (Å²) in [5, 5.41) is 10.3. The highest BCUT2D eigenvalue weighted by Crippen LogP contribution is 2.23. The number of quaternary nitrogens is 1. The van der Waals surface area contributed by atoms with Crippen molar-refractivity contribution in [2.45, 2.75) is 52.9 Å². The summed E-state index contributed by atoms with van der Waals surface area (Å²) in [7, 11) is 0. The molecule has 1 aliphatic heterocycles. The fourth-order valence-corrected chi connectivity index (χ4v) is 3.28. The quantitative estimate of drug-likeness (QED) is 0.854. The molecule has 0 saturated carbocycles. The van der Waals surface area contributed by atoms with E-state index in [0.29, 0.717) is 13.2 Å². The Hall–Kier alpha value is -1.10. The van der Waals surface area contributed by atoms with Crippen LogP contribution in [0.5, 0.6) is 5.75 Å². The first-order valence-electron chi connectivity index (χ1n) is 8.23. The van der Waals surface area contributed by atoms with Crippen LogP contribution in [0.15, 0.2) is 12.1 Å². The molecule has 1 saturated heterocycles. The molecule has 1 unspecified atom stereocenters. The van der Waals surface area contributed by atoms with Crippen LogP contribution < -0.4 is 9.64 Å². The molecule has 0 aliphatic carbocycles. The van der Waals surface area contributed by atoms with Crippen molar-refractivity contribution >= 4 is 0 Å². The lowest BCUT2D eigenvalue weighted by atomic mass is 10.1. The highest BCUT2D eigenvalue weighted by atomic mass is 16.5. The van der Waals surface area contributed by atoms with Gasteiger partial charge < -0.3 is 19.5 Å². The average Bonchev–Trinajstić information content (AvgIpc) is 2.40. The van der Waals surface area contributed by atoms with Gasteiger partial charge in [0.1, 0.15) is 50.3 Å². The maximum Gasteiger partial charge on any atom is 0.137 e. The molecule has 1 aliphatic rings. The highest BCUT2D eigenvalue weighted by Gasteiger charge is 2.27. The Labute approximate surface area is 134 Å². The van der Waals surface area contributed by atoms with Gasteiger partial charge >= 0.3 is 0 Å². The molecule has 4 atom stereocenters. The van der Waals surface area contributed by atoms with Crippen LogP contribution in [0.1, 0.15) is 30.5 Å². The van der Waals surface area contributed by atoms with E-state index >= 15 is 0 Å². The van der Waals surface area contributed by atoms with Gasteiger partial charge in [-0.1, -0.05) is 6.07 Å². The molecule has 1 fully saturated rings. The largest absolute Gasteiger partial charge is 0.490 e. The Morgan fingerprint density at radius 2 is 1.86 bits per heavy atom. The van der Waals surface area contributed by atoms with E-state index in [1.807, 2.05) is 6.07 Å². The summed E-state index contributed by atoms with van der Waals surface area (Å²) in [6, 6.07) is 4.19. The van der Waals surface area contributed by atoms with Crippen molar-refractivity contribution in [3.8, 4) is 5.75 Å². The van der Waals surface area contributed by atoms with Gasteiger partial charge in [0.15, 0.2) is 0 Å². The fourth-order valence-electron chi connectivity index (χ4n) is 3.28. The van der Waals surface area contributed by atoms with E-state index in [1.165, 1.54) is 16.0 Å². The van der Waals surface area contributed by atoms with Crippen molar-refractivity contribution in [1.82, 2.24) is 0 Å². The van der Waals surface area contributed by atoms with Crippen molar-refractivity contribution in [3.63, 3.8) is 0 Å². The van der Waals surface area contributed by atoms with E-state index in [0.717, 1.165) is 24.4 Å². The minimum Gasteiger partial charge on any atom is -0.490 e. The predicted octanol–water partition coefficient (Wildman–Crippen LogP) is 1.04. The molecule has 4 nitrogen and oxygen atoms in total. The number of nitrogens with one attached hydrogen (secondary N) is 1. The minimum atomic E-state index is -0.451. The van der Waals surface area contributed by atoms with E-state index in [1.54, 1.807) is 0 Å². The van der Waals surface area contributed by atoms with Crippen molar-refractivity contribution in [3.05, 3.63) is 28.8 Å². The molecule has 1 aromatic carbocycles. The van der Waals surface area contributed by atoms with Gasteiger partial charge in [-0.15, -0.1) is 0 Å². The number of aryl methyl sites for hydroxylation is 2. The van der Waals surface area contributed by atoms with Crippen LogP contribution in [0.4, 0.5) is 0 Å². The predicted molar refractivity (Wildman–Crippen MR) is 87.7 cm³/mol. The number of morpholine rings is 1. The van der Waals surface area contributed by atoms with E-state index < -0.39 is 6.10 Å². The second kappa shape index (κ2) is 7.44. The van der Waals surface area contributed by atoms with Crippen LogP contribution in [0, 0.1) is 20.8 Å². The normalized spacial score (nSPS) is 26.7. The summed E-state index contributed by atoms with van der Waals surface area (Å²) in [4.78, 5) is 1.39. The average molecular weight is 308 g/mol. The lowest BCUT2D eigenvalue weighted by Gasteiger charge is -2.33. The molecule has 1 heterocycles. The van der Waals surface area contributed by atoms with Crippen LogP contribution in [0.2, 0.25) is 0 Å². The second-order valence-corrected chi connectivity index (χ2v) is 6.79. The van der Waals surface area contributed by atoms with Crippen LogP contribution in [-0.2, 0) is 4.74 Å². The Bertz CT molecular complexity index is 493. The summed E-state index contributed by atoms with van der Waals surface area (Å²) < 4.78 is 11.6. The minimum absolute atomic E-state index is 0.258. The van der Waals surface area contributed by atoms with Crippen molar-refractivity contribution in [2.24, 2.45) is 0 Å². The first kappa shape index (κ1) is 17.3. The van der Waals surface area contributed by atoms with E-state index in [2.05, 4.69) is 40.7 Å². The van der Waals surface area contributed by atoms with Gasteiger partial charge in [-0.2, -0.15) is 0 Å². The lowest BCUT2D eigenvalue weighted by molar-refractivity contribution is -0.918. The van der Waals surface area contributed by atoms with Crippen LogP contribution in [-0.4, -0.2) is 49.7 Å². The molecular formula is C18H30NO3+. The zero-order valence-corrected chi connectivity index (χ0v) is 14.5. The fraction of sp³-hybridized carbons (Fsp3) is 0.667. The number of hydrogen-bond donors (Lipinski definition) is 2. The van der Waals surface area contributed by atoms with E-state index in [9.17, 15) is 5.11 Å². The Balaban J connectivity index is 1.86. The molecule has 2 rings (SSSR count). The zero-order chi connectivity index (χ0) is 16.3. The van der Waals surface area contributed by atoms with Gasteiger partial charge in [-0.25, -0.2) is 0 Å². The SMILES string of the molecule is Cc1cc(C)c(C)c(OC[C@@H](O)C[NH+]2C[C@@H](C)O[C@@H](C)C2)c1. The van der Waals surface area contributed by atoms with E-state index in [-0.39, 0.29) is 12.2 Å². The monoisotopic (exact) mass is 308 g/mol. The van der Waals surface area contributed by atoms with E-state index in [4.69, 9.17) is 9.47 Å². The molecule has 1 aromatic rings. The van der Waals surface area contributed by atoms with Gasteiger partial charge in [0, 0.05) is 0 Å². The number of hydrogen-bond acceptors (Lipinski definition) is 3. The summed E-state index contributed by atoms with van der Waals surface area (Å²) in [6.45, 7) is 13.4. The number of rotatable bonds is 5. The van der Waals surface area contributed by atoms with Gasteiger partial charge in [0.25, 0.3) is 0 Å². The van der Waals surface area contributed by atoms with Crippen molar-refractivity contribution < 1.29 is 19.5 Å². The lowest BCUT2D eigenvalue weighted by Crippen LogP contribution is -3.16. The molecule has 4 heteroatoms. The maximum absolute atomic E-state index is 10.3. The standard InChI is InChI=1S/C18H29NO3/c1-12-6-13(2)16(5)18(7-12)21-11-17(20)10-19-8-14(3)22-15(4)9-19/h6-7,14-15,17,20H,8-11H2,1-5H3/p+1/t14-,15+,17-/m0/s1. The van der Waals surface area contributed by atoms with Gasteiger partial charge in [-0.3, -0.25) is 0 Å². The van der Waals surface area contributed by atoms with Gasteiger partial charge in [-0.05, 0) is 57.4 Å². The first-order valence-corrected chi connectivity index (χ1v) is 8.23.